The molecule has 7 heteroatoms. The van der Waals surface area contributed by atoms with Gasteiger partial charge >= 0.3 is 0 Å². The van der Waals surface area contributed by atoms with Crippen molar-refractivity contribution in [1.82, 2.24) is 15.3 Å². The van der Waals surface area contributed by atoms with Crippen LogP contribution in [0, 0.1) is 0 Å². The van der Waals surface area contributed by atoms with Crippen molar-refractivity contribution < 1.29 is 4.79 Å². The fraction of sp³-hybridized carbons (Fsp3) is 0.250. The minimum Gasteiger partial charge on any atom is -0.357 e. The van der Waals surface area contributed by atoms with Crippen molar-refractivity contribution >= 4 is 34.7 Å². The Bertz CT molecular complexity index is 952. The summed E-state index contributed by atoms with van der Waals surface area (Å²) in [6, 6.07) is 11.5. The summed E-state index contributed by atoms with van der Waals surface area (Å²) < 4.78 is 0. The topological polar surface area (TPSA) is 58.1 Å². The van der Waals surface area contributed by atoms with E-state index in [-0.39, 0.29) is 5.91 Å². The Kier molecular flexibility index (Phi) is 5.36. The molecule has 4 rings (SSSR count). The predicted molar refractivity (Wildman–Crippen MR) is 109 cm³/mol. The highest BCUT2D eigenvalue weighted by Gasteiger charge is 2.15. The molecule has 0 unspecified atom stereocenters. The Hall–Kier alpha value is -2.44. The first-order chi connectivity index (χ1) is 13.2. The van der Waals surface area contributed by atoms with Crippen molar-refractivity contribution in [2.75, 3.05) is 18.0 Å². The van der Waals surface area contributed by atoms with E-state index in [2.05, 4.69) is 20.2 Å². The predicted octanol–water partition coefficient (Wildman–Crippen LogP) is 4.39. The highest BCUT2D eigenvalue weighted by molar-refractivity contribution is 7.17. The molecule has 0 spiro atoms. The molecule has 1 aliphatic heterocycles. The lowest BCUT2D eigenvalue weighted by atomic mass is 10.2. The minimum atomic E-state index is -0.134. The number of thiazole rings is 1. The second kappa shape index (κ2) is 8.06. The van der Waals surface area contributed by atoms with Crippen LogP contribution in [0.2, 0.25) is 5.02 Å². The van der Waals surface area contributed by atoms with Gasteiger partial charge in [0.05, 0.1) is 11.2 Å². The molecule has 27 heavy (non-hydrogen) atoms. The quantitative estimate of drug-likeness (QED) is 0.692. The Morgan fingerprint density at radius 3 is 2.81 bits per heavy atom. The standard InChI is InChI=1S/C20H19ClN4OS/c21-16-6-2-1-5-15(16)20-24-13-17(27-20)19(26)23-12-14-7-8-22-18(11-14)25-9-3-4-10-25/h1-2,5-8,11,13H,3-4,9-10,12H2,(H,23,26). The van der Waals surface area contributed by atoms with Gasteiger partial charge in [-0.3, -0.25) is 4.79 Å². The maximum absolute atomic E-state index is 12.5. The van der Waals surface area contributed by atoms with Gasteiger partial charge in [0.15, 0.2) is 0 Å². The third-order valence-corrected chi connectivity index (χ3v) is 5.89. The Morgan fingerprint density at radius 2 is 2.00 bits per heavy atom. The van der Waals surface area contributed by atoms with Crippen LogP contribution in [0.5, 0.6) is 0 Å². The van der Waals surface area contributed by atoms with Crippen molar-refractivity contribution in [2.24, 2.45) is 0 Å². The van der Waals surface area contributed by atoms with Crippen LogP contribution in [0.3, 0.4) is 0 Å². The van der Waals surface area contributed by atoms with E-state index in [9.17, 15) is 4.79 Å². The highest BCUT2D eigenvalue weighted by atomic mass is 35.5. The first kappa shape index (κ1) is 17.9. The fourth-order valence-electron chi connectivity index (χ4n) is 3.10. The fourth-order valence-corrected chi connectivity index (χ4v) is 4.25. The number of hydrogen-bond acceptors (Lipinski definition) is 5. The molecule has 0 aliphatic carbocycles. The normalized spacial score (nSPS) is 13.7. The van der Waals surface area contributed by atoms with Gasteiger partial charge in [0.1, 0.15) is 15.7 Å². The molecule has 5 nitrogen and oxygen atoms in total. The summed E-state index contributed by atoms with van der Waals surface area (Å²) in [5, 5.41) is 4.34. The van der Waals surface area contributed by atoms with Gasteiger partial charge in [-0.15, -0.1) is 11.3 Å². The lowest BCUT2D eigenvalue weighted by molar-refractivity contribution is 0.0954. The Balaban J connectivity index is 1.41. The zero-order chi connectivity index (χ0) is 18.6. The van der Waals surface area contributed by atoms with Crippen LogP contribution in [-0.4, -0.2) is 29.0 Å². The van der Waals surface area contributed by atoms with E-state index < -0.39 is 0 Å². The van der Waals surface area contributed by atoms with Gasteiger partial charge in [-0.05, 0) is 36.6 Å². The molecule has 0 bridgehead atoms. The number of hydrogen-bond donors (Lipinski definition) is 1. The summed E-state index contributed by atoms with van der Waals surface area (Å²) in [6.07, 6.45) is 5.82. The number of amides is 1. The highest BCUT2D eigenvalue weighted by Crippen LogP contribution is 2.30. The number of aromatic nitrogens is 2. The molecular weight excluding hydrogens is 380 g/mol. The van der Waals surface area contributed by atoms with Crippen molar-refractivity contribution in [3.05, 3.63) is 64.3 Å². The molecule has 3 aromatic rings. The molecule has 0 radical (unpaired) electrons. The maximum Gasteiger partial charge on any atom is 0.263 e. The first-order valence-corrected chi connectivity index (χ1v) is 10.1. The number of nitrogens with one attached hydrogen (secondary N) is 1. The summed E-state index contributed by atoms with van der Waals surface area (Å²) in [5.41, 5.74) is 1.88. The number of anilines is 1. The molecule has 2 aromatic heterocycles. The first-order valence-electron chi connectivity index (χ1n) is 8.89. The van der Waals surface area contributed by atoms with Gasteiger partial charge in [-0.2, -0.15) is 0 Å². The molecule has 1 amide bonds. The van der Waals surface area contributed by atoms with Gasteiger partial charge in [-0.25, -0.2) is 9.97 Å². The number of carbonyl (C=O) groups excluding carboxylic acids is 1. The zero-order valence-electron chi connectivity index (χ0n) is 14.7. The number of halogens is 1. The van der Waals surface area contributed by atoms with Crippen LogP contribution >= 0.6 is 22.9 Å². The number of benzene rings is 1. The minimum absolute atomic E-state index is 0.134. The summed E-state index contributed by atoms with van der Waals surface area (Å²) in [4.78, 5) is 24.1. The van der Waals surface area contributed by atoms with E-state index >= 15 is 0 Å². The molecule has 1 saturated heterocycles. The van der Waals surface area contributed by atoms with Gasteiger partial charge in [0.2, 0.25) is 0 Å². The molecule has 3 heterocycles. The van der Waals surface area contributed by atoms with Crippen molar-refractivity contribution in [3.63, 3.8) is 0 Å². The Morgan fingerprint density at radius 1 is 1.19 bits per heavy atom. The van der Waals surface area contributed by atoms with Crippen molar-refractivity contribution in [3.8, 4) is 10.6 Å². The van der Waals surface area contributed by atoms with Crippen LogP contribution in [0.15, 0.2) is 48.8 Å². The molecular formula is C20H19ClN4OS. The number of carbonyl (C=O) groups is 1. The largest absolute Gasteiger partial charge is 0.357 e. The monoisotopic (exact) mass is 398 g/mol. The van der Waals surface area contributed by atoms with Gasteiger partial charge in [0.25, 0.3) is 5.91 Å². The zero-order valence-corrected chi connectivity index (χ0v) is 16.3. The van der Waals surface area contributed by atoms with Crippen LogP contribution in [-0.2, 0) is 6.54 Å². The molecule has 0 saturated carbocycles. The second-order valence-corrected chi connectivity index (χ2v) is 7.85. The van der Waals surface area contributed by atoms with Crippen molar-refractivity contribution in [2.45, 2.75) is 19.4 Å². The van der Waals surface area contributed by atoms with E-state index in [1.165, 1.54) is 24.2 Å². The number of pyridine rings is 1. The number of rotatable bonds is 5. The number of nitrogens with zero attached hydrogens (tertiary/aromatic N) is 3. The maximum atomic E-state index is 12.5. The third-order valence-electron chi connectivity index (χ3n) is 4.53. The Labute approximate surface area is 167 Å². The summed E-state index contributed by atoms with van der Waals surface area (Å²) >= 11 is 7.55. The average molecular weight is 399 g/mol. The molecule has 1 N–H and O–H groups in total. The smallest absolute Gasteiger partial charge is 0.263 e. The molecule has 1 fully saturated rings. The van der Waals surface area contributed by atoms with Gasteiger partial charge in [0, 0.05) is 31.4 Å². The lowest BCUT2D eigenvalue weighted by Gasteiger charge is -2.16. The molecule has 138 valence electrons. The van der Waals surface area contributed by atoms with Crippen LogP contribution < -0.4 is 10.2 Å². The lowest BCUT2D eigenvalue weighted by Crippen LogP contribution is -2.23. The van der Waals surface area contributed by atoms with Crippen LogP contribution in [0.1, 0.15) is 28.1 Å². The summed E-state index contributed by atoms with van der Waals surface area (Å²) in [6.45, 7) is 2.56. The van der Waals surface area contributed by atoms with E-state index in [1.54, 1.807) is 12.4 Å². The van der Waals surface area contributed by atoms with Gasteiger partial charge in [-0.1, -0.05) is 29.8 Å². The molecule has 0 atom stereocenters. The van der Waals surface area contributed by atoms with E-state index in [4.69, 9.17) is 11.6 Å². The summed E-state index contributed by atoms with van der Waals surface area (Å²) in [5.74, 6) is 0.850. The van der Waals surface area contributed by atoms with Crippen molar-refractivity contribution in [1.29, 1.82) is 0 Å². The molecule has 1 aromatic carbocycles. The van der Waals surface area contributed by atoms with Crippen LogP contribution in [0.25, 0.3) is 10.6 Å². The third kappa shape index (κ3) is 4.12. The van der Waals surface area contributed by atoms with Gasteiger partial charge < -0.3 is 10.2 Å². The van der Waals surface area contributed by atoms with Crippen LogP contribution in [0.4, 0.5) is 5.82 Å². The molecule has 1 aliphatic rings. The van der Waals surface area contributed by atoms with E-state index in [0.717, 1.165) is 35.0 Å². The van der Waals surface area contributed by atoms with E-state index in [0.29, 0.717) is 16.4 Å². The second-order valence-electron chi connectivity index (χ2n) is 6.41. The van der Waals surface area contributed by atoms with E-state index in [1.807, 2.05) is 36.4 Å². The SMILES string of the molecule is O=C(NCc1ccnc(N2CCCC2)c1)c1cnc(-c2ccccc2Cl)s1. The average Bonchev–Trinajstić information content (AvgIpc) is 3.39. The summed E-state index contributed by atoms with van der Waals surface area (Å²) in [7, 11) is 0.